The Morgan fingerprint density at radius 1 is 0.917 bits per heavy atom. The summed E-state index contributed by atoms with van der Waals surface area (Å²) in [5.41, 5.74) is -1.14. The molecule has 8 aliphatic rings. The number of ether oxygens (including phenoxy) is 3. The first-order chi connectivity index (χ1) is 17.2. The lowest BCUT2D eigenvalue weighted by atomic mass is 9.53. The summed E-state index contributed by atoms with van der Waals surface area (Å²) in [6.07, 6.45) is 9.88. The van der Waals surface area contributed by atoms with Crippen LogP contribution in [0.1, 0.15) is 85.0 Å². The SMILES string of the molecule is CCC(C)(C)C(=O)OC1CC2CC1C1C3CC(CC3C(=O)OCOC34CC5CC(CC(C5)C3=O)C4)C21. The summed E-state index contributed by atoms with van der Waals surface area (Å²) in [7, 11) is 0. The van der Waals surface area contributed by atoms with Crippen LogP contribution in [0, 0.1) is 64.6 Å². The van der Waals surface area contributed by atoms with Crippen molar-refractivity contribution in [2.75, 3.05) is 6.79 Å². The molecule has 0 saturated heterocycles. The Balaban J connectivity index is 0.977. The molecule has 8 aliphatic carbocycles. The Morgan fingerprint density at radius 3 is 2.33 bits per heavy atom. The van der Waals surface area contributed by atoms with Gasteiger partial charge in [0.05, 0.1) is 11.3 Å². The van der Waals surface area contributed by atoms with Gasteiger partial charge in [0.2, 0.25) is 0 Å². The maximum absolute atomic E-state index is 13.3. The van der Waals surface area contributed by atoms with Gasteiger partial charge in [-0.25, -0.2) is 0 Å². The van der Waals surface area contributed by atoms with E-state index in [0.29, 0.717) is 47.3 Å². The van der Waals surface area contributed by atoms with Gasteiger partial charge in [0.1, 0.15) is 11.7 Å². The highest BCUT2D eigenvalue weighted by molar-refractivity contribution is 5.91. The van der Waals surface area contributed by atoms with Crippen LogP contribution in [0.2, 0.25) is 0 Å². The van der Waals surface area contributed by atoms with Crippen LogP contribution in [0.15, 0.2) is 0 Å². The smallest absolute Gasteiger partial charge is 0.311 e. The van der Waals surface area contributed by atoms with Crippen LogP contribution in [0.3, 0.4) is 0 Å². The van der Waals surface area contributed by atoms with Crippen molar-refractivity contribution in [3.05, 3.63) is 0 Å². The number of hydrogen-bond donors (Lipinski definition) is 0. The van der Waals surface area contributed by atoms with Crippen molar-refractivity contribution in [3.8, 4) is 0 Å². The summed E-state index contributed by atoms with van der Waals surface area (Å²) in [6, 6.07) is 0. The molecule has 10 atom stereocenters. The zero-order valence-corrected chi connectivity index (χ0v) is 22.1. The molecule has 8 bridgehead atoms. The standard InChI is InChI=1S/C30H42O6/c1-4-29(2,3)28(33)36-23-11-18-10-22(23)25-20-8-17(24(18)25)9-21(20)27(32)34-14-35-30-12-15-5-16(13-30)7-19(6-15)26(30)31/h15-25H,4-14H2,1-3H3. The normalized spacial score (nSPS) is 49.5. The molecular weight excluding hydrogens is 456 g/mol. The molecule has 0 heterocycles. The molecule has 0 radical (unpaired) electrons. The summed E-state index contributed by atoms with van der Waals surface area (Å²) in [6.45, 7) is 5.88. The highest BCUT2D eigenvalue weighted by Crippen LogP contribution is 2.69. The summed E-state index contributed by atoms with van der Waals surface area (Å²) in [4.78, 5) is 39.1. The van der Waals surface area contributed by atoms with Crippen LogP contribution < -0.4 is 0 Å². The number of rotatable bonds is 7. The molecule has 36 heavy (non-hydrogen) atoms. The van der Waals surface area contributed by atoms with E-state index in [2.05, 4.69) is 0 Å². The lowest BCUT2D eigenvalue weighted by Crippen LogP contribution is -2.59. The van der Waals surface area contributed by atoms with Crippen LogP contribution in [-0.4, -0.2) is 36.2 Å². The first-order valence-electron chi connectivity index (χ1n) is 14.7. The Kier molecular flexibility index (Phi) is 5.28. The van der Waals surface area contributed by atoms with Crippen LogP contribution in [0.5, 0.6) is 0 Å². The van der Waals surface area contributed by atoms with Crippen LogP contribution >= 0.6 is 0 Å². The average molecular weight is 499 g/mol. The van der Waals surface area contributed by atoms with Crippen LogP contribution in [0.25, 0.3) is 0 Å². The summed E-state index contributed by atoms with van der Waals surface area (Å²) in [5.74, 6) is 4.48. The Labute approximate surface area is 214 Å². The van der Waals surface area contributed by atoms with Crippen molar-refractivity contribution >= 4 is 17.7 Å². The zero-order valence-electron chi connectivity index (χ0n) is 22.1. The first-order valence-corrected chi connectivity index (χ1v) is 14.7. The first kappa shape index (κ1) is 23.7. The van der Waals surface area contributed by atoms with E-state index in [9.17, 15) is 14.4 Å². The van der Waals surface area contributed by atoms with Crippen molar-refractivity contribution in [3.63, 3.8) is 0 Å². The van der Waals surface area contributed by atoms with E-state index in [1.54, 1.807) is 0 Å². The molecule has 0 aromatic rings. The fourth-order valence-corrected chi connectivity index (χ4v) is 10.6. The van der Waals surface area contributed by atoms with E-state index in [-0.39, 0.29) is 42.5 Å². The monoisotopic (exact) mass is 498 g/mol. The number of carbonyl (C=O) groups is 3. The van der Waals surface area contributed by atoms with Gasteiger partial charge in [0.25, 0.3) is 0 Å². The third-order valence-corrected chi connectivity index (χ3v) is 12.3. The molecule has 10 unspecified atom stereocenters. The van der Waals surface area contributed by atoms with Gasteiger partial charge in [-0.3, -0.25) is 14.4 Å². The predicted molar refractivity (Wildman–Crippen MR) is 130 cm³/mol. The molecule has 6 nitrogen and oxygen atoms in total. The van der Waals surface area contributed by atoms with Gasteiger partial charge in [-0.2, -0.15) is 0 Å². The molecule has 0 aromatic heterocycles. The second-order valence-electron chi connectivity index (χ2n) is 14.4. The number of fused-ring (bicyclic) bond motifs is 9. The highest BCUT2D eigenvalue weighted by atomic mass is 16.7. The zero-order chi connectivity index (χ0) is 25.0. The molecule has 0 aromatic carbocycles. The molecule has 198 valence electrons. The number of ketones is 1. The van der Waals surface area contributed by atoms with E-state index in [1.165, 1.54) is 6.42 Å². The van der Waals surface area contributed by atoms with Crippen molar-refractivity contribution in [2.24, 2.45) is 64.6 Å². The van der Waals surface area contributed by atoms with Crippen LogP contribution in [0.4, 0.5) is 0 Å². The van der Waals surface area contributed by atoms with Gasteiger partial charge in [0.15, 0.2) is 12.6 Å². The van der Waals surface area contributed by atoms with E-state index in [4.69, 9.17) is 14.2 Å². The maximum Gasteiger partial charge on any atom is 0.311 e. The van der Waals surface area contributed by atoms with Gasteiger partial charge >= 0.3 is 11.9 Å². The Bertz CT molecular complexity index is 956. The van der Waals surface area contributed by atoms with Crippen LogP contribution in [-0.2, 0) is 28.6 Å². The van der Waals surface area contributed by atoms with E-state index in [0.717, 1.165) is 57.8 Å². The number of hydrogen-bond acceptors (Lipinski definition) is 6. The third-order valence-electron chi connectivity index (χ3n) is 12.3. The predicted octanol–water partition coefficient (Wildman–Crippen LogP) is 4.93. The summed E-state index contributed by atoms with van der Waals surface area (Å²) >= 11 is 0. The molecular formula is C30H42O6. The summed E-state index contributed by atoms with van der Waals surface area (Å²) in [5, 5.41) is 0. The fourth-order valence-electron chi connectivity index (χ4n) is 10.6. The largest absolute Gasteiger partial charge is 0.462 e. The minimum atomic E-state index is -0.692. The molecule has 0 aliphatic heterocycles. The molecule has 0 spiro atoms. The van der Waals surface area contributed by atoms with Gasteiger partial charge in [-0.15, -0.1) is 0 Å². The lowest BCUT2D eigenvalue weighted by molar-refractivity contribution is -0.210. The van der Waals surface area contributed by atoms with Gasteiger partial charge in [-0.1, -0.05) is 6.92 Å². The van der Waals surface area contributed by atoms with Gasteiger partial charge in [-0.05, 0) is 125 Å². The maximum atomic E-state index is 13.3. The molecule has 0 N–H and O–H groups in total. The molecule has 6 heteroatoms. The van der Waals surface area contributed by atoms with E-state index in [1.807, 2.05) is 20.8 Å². The van der Waals surface area contributed by atoms with E-state index < -0.39 is 11.0 Å². The minimum absolute atomic E-state index is 0.0102. The molecule has 8 saturated carbocycles. The van der Waals surface area contributed by atoms with Crippen molar-refractivity contribution < 1.29 is 28.6 Å². The highest BCUT2D eigenvalue weighted by Gasteiger charge is 2.67. The molecule has 0 amide bonds. The summed E-state index contributed by atoms with van der Waals surface area (Å²) < 4.78 is 18.0. The molecule has 8 fully saturated rings. The van der Waals surface area contributed by atoms with Crippen molar-refractivity contribution in [1.29, 1.82) is 0 Å². The Morgan fingerprint density at radius 2 is 1.61 bits per heavy atom. The quantitative estimate of drug-likeness (QED) is 0.281. The second-order valence-corrected chi connectivity index (χ2v) is 14.4. The minimum Gasteiger partial charge on any atom is -0.462 e. The number of carbonyl (C=O) groups excluding carboxylic acids is 3. The lowest BCUT2D eigenvalue weighted by Gasteiger charge is -2.54. The third kappa shape index (κ3) is 3.34. The Hall–Kier alpha value is -1.43. The topological polar surface area (TPSA) is 78.9 Å². The second kappa shape index (κ2) is 8.04. The van der Waals surface area contributed by atoms with Crippen molar-refractivity contribution in [2.45, 2.75) is 96.7 Å². The average Bonchev–Trinajstić information content (AvgIpc) is 3.61. The van der Waals surface area contributed by atoms with Gasteiger partial charge < -0.3 is 14.2 Å². The fraction of sp³-hybridized carbons (Fsp3) is 0.900. The number of Topliss-reactive ketones (excluding diaryl/α,β-unsaturated/α-hetero) is 1. The van der Waals surface area contributed by atoms with E-state index >= 15 is 0 Å². The number of esters is 2. The van der Waals surface area contributed by atoms with Gasteiger partial charge in [0, 0.05) is 5.92 Å². The molecule has 8 rings (SSSR count). The van der Waals surface area contributed by atoms with Crippen molar-refractivity contribution in [1.82, 2.24) is 0 Å².